The zero-order valence-electron chi connectivity index (χ0n) is 13.0. The summed E-state index contributed by atoms with van der Waals surface area (Å²) >= 11 is 0. The standard InChI is InChI=1S/C14H18F3N3O3S/c1-10(13(18)21)19-6-8-20(9-7-19)24(22,23)12-4-2-11(3-5-12)14(15,16)17/h2-5,10H,6-9H2,1H3,(H2,18,21)/p+1/t10-/m0/s1. The number of alkyl halides is 3. The lowest BCUT2D eigenvalue weighted by Gasteiger charge is -2.33. The Kier molecular flexibility index (Phi) is 5.21. The molecule has 1 saturated heterocycles. The summed E-state index contributed by atoms with van der Waals surface area (Å²) in [5.74, 6) is -0.455. The van der Waals surface area contributed by atoms with Gasteiger partial charge in [0.1, 0.15) is 0 Å². The van der Waals surface area contributed by atoms with Crippen molar-refractivity contribution in [2.24, 2.45) is 5.73 Å². The number of hydrogen-bond acceptors (Lipinski definition) is 3. The lowest BCUT2D eigenvalue weighted by atomic mass is 10.2. The SMILES string of the molecule is C[C@@H](C(N)=O)[NH+]1CCN(S(=O)(=O)c2ccc(C(F)(F)F)cc2)CC1. The van der Waals surface area contributed by atoms with Gasteiger partial charge in [-0.15, -0.1) is 0 Å². The Morgan fingerprint density at radius 1 is 1.21 bits per heavy atom. The van der Waals surface area contributed by atoms with Gasteiger partial charge in [-0.25, -0.2) is 8.42 Å². The lowest BCUT2D eigenvalue weighted by molar-refractivity contribution is -0.917. The number of hydrogen-bond donors (Lipinski definition) is 2. The Balaban J connectivity index is 2.11. The van der Waals surface area contributed by atoms with Crippen LogP contribution in [0.15, 0.2) is 29.2 Å². The number of carbonyl (C=O) groups excluding carboxylic acids is 1. The highest BCUT2D eigenvalue weighted by Gasteiger charge is 2.35. The number of benzene rings is 1. The first kappa shape index (κ1) is 18.7. The number of amides is 1. The van der Waals surface area contributed by atoms with E-state index in [1.54, 1.807) is 6.92 Å². The maximum absolute atomic E-state index is 12.6. The highest BCUT2D eigenvalue weighted by molar-refractivity contribution is 7.89. The van der Waals surface area contributed by atoms with Gasteiger partial charge in [0.25, 0.3) is 5.91 Å². The molecule has 1 aliphatic heterocycles. The van der Waals surface area contributed by atoms with E-state index >= 15 is 0 Å². The van der Waals surface area contributed by atoms with Gasteiger partial charge in [-0.05, 0) is 31.2 Å². The van der Waals surface area contributed by atoms with Crippen LogP contribution in [0.2, 0.25) is 0 Å². The Hall–Kier alpha value is -1.65. The maximum Gasteiger partial charge on any atom is 0.416 e. The van der Waals surface area contributed by atoms with E-state index in [-0.39, 0.29) is 18.0 Å². The zero-order valence-corrected chi connectivity index (χ0v) is 13.8. The van der Waals surface area contributed by atoms with Crippen LogP contribution in [0.1, 0.15) is 12.5 Å². The van der Waals surface area contributed by atoms with Crippen LogP contribution < -0.4 is 10.6 Å². The third kappa shape index (κ3) is 3.87. The molecule has 134 valence electrons. The molecule has 0 unspecified atom stereocenters. The predicted octanol–water partition coefficient (Wildman–Crippen LogP) is -0.532. The van der Waals surface area contributed by atoms with Gasteiger partial charge in [0, 0.05) is 0 Å². The van der Waals surface area contributed by atoms with Crippen LogP contribution in [0.4, 0.5) is 13.2 Å². The summed E-state index contributed by atoms with van der Waals surface area (Å²) < 4.78 is 63.9. The van der Waals surface area contributed by atoms with Crippen molar-refractivity contribution in [2.45, 2.75) is 24.0 Å². The fourth-order valence-electron chi connectivity index (χ4n) is 2.61. The summed E-state index contributed by atoms with van der Waals surface area (Å²) in [5.41, 5.74) is 4.35. The molecule has 1 atom stereocenters. The number of rotatable bonds is 4. The minimum absolute atomic E-state index is 0.177. The largest absolute Gasteiger partial charge is 0.416 e. The molecule has 1 amide bonds. The predicted molar refractivity (Wildman–Crippen MR) is 79.6 cm³/mol. The molecule has 3 N–H and O–H groups in total. The first-order chi connectivity index (χ1) is 11.0. The van der Waals surface area contributed by atoms with Crippen LogP contribution in [0, 0.1) is 0 Å². The van der Waals surface area contributed by atoms with E-state index in [2.05, 4.69) is 0 Å². The monoisotopic (exact) mass is 366 g/mol. The molecule has 24 heavy (non-hydrogen) atoms. The summed E-state index contributed by atoms with van der Waals surface area (Å²) in [7, 11) is -3.86. The minimum Gasteiger partial charge on any atom is -0.365 e. The number of carbonyl (C=O) groups is 1. The molecule has 0 aliphatic carbocycles. The third-order valence-electron chi connectivity index (χ3n) is 4.22. The molecule has 0 radical (unpaired) electrons. The van der Waals surface area contributed by atoms with Gasteiger partial charge in [-0.2, -0.15) is 17.5 Å². The van der Waals surface area contributed by atoms with Crippen molar-refractivity contribution in [3.8, 4) is 0 Å². The van der Waals surface area contributed by atoms with E-state index in [9.17, 15) is 26.4 Å². The highest BCUT2D eigenvalue weighted by Crippen LogP contribution is 2.30. The van der Waals surface area contributed by atoms with Crippen LogP contribution in [0.3, 0.4) is 0 Å². The van der Waals surface area contributed by atoms with Crippen LogP contribution in [0.25, 0.3) is 0 Å². The maximum atomic E-state index is 12.6. The van der Waals surface area contributed by atoms with Crippen molar-refractivity contribution >= 4 is 15.9 Å². The van der Waals surface area contributed by atoms with Crippen LogP contribution in [-0.2, 0) is 21.0 Å². The van der Waals surface area contributed by atoms with Crippen molar-refractivity contribution in [1.29, 1.82) is 0 Å². The second-order valence-corrected chi connectivity index (χ2v) is 7.65. The van der Waals surface area contributed by atoms with E-state index in [4.69, 9.17) is 5.73 Å². The summed E-state index contributed by atoms with van der Waals surface area (Å²) in [6.07, 6.45) is -4.51. The molecule has 0 bridgehead atoms. The molecule has 1 aliphatic rings. The molecule has 0 saturated carbocycles. The average molecular weight is 366 g/mol. The van der Waals surface area contributed by atoms with Gasteiger partial charge in [0.05, 0.1) is 36.6 Å². The Morgan fingerprint density at radius 2 is 1.71 bits per heavy atom. The van der Waals surface area contributed by atoms with Crippen molar-refractivity contribution in [2.75, 3.05) is 26.2 Å². The fourth-order valence-corrected chi connectivity index (χ4v) is 4.05. The minimum atomic E-state index is -4.51. The average Bonchev–Trinajstić information content (AvgIpc) is 2.53. The van der Waals surface area contributed by atoms with Crippen molar-refractivity contribution in [1.82, 2.24) is 4.31 Å². The van der Waals surface area contributed by atoms with Gasteiger partial charge in [0.15, 0.2) is 6.04 Å². The van der Waals surface area contributed by atoms with E-state index in [0.717, 1.165) is 29.2 Å². The van der Waals surface area contributed by atoms with E-state index in [1.807, 2.05) is 0 Å². The van der Waals surface area contributed by atoms with Gasteiger partial charge in [-0.3, -0.25) is 4.79 Å². The Bertz CT molecular complexity index is 696. The Morgan fingerprint density at radius 3 is 2.12 bits per heavy atom. The number of primary amides is 1. The molecule has 0 spiro atoms. The van der Waals surface area contributed by atoms with Crippen LogP contribution in [-0.4, -0.2) is 50.9 Å². The number of piperazine rings is 1. The number of nitrogens with one attached hydrogen (secondary N) is 1. The molecule has 1 fully saturated rings. The molecule has 1 heterocycles. The molecule has 1 aromatic rings. The number of quaternary nitrogens is 1. The first-order valence-corrected chi connectivity index (χ1v) is 8.79. The molecule has 2 rings (SSSR count). The Labute approximate surface area is 138 Å². The molecule has 6 nitrogen and oxygen atoms in total. The smallest absolute Gasteiger partial charge is 0.365 e. The molecule has 1 aromatic carbocycles. The second-order valence-electron chi connectivity index (χ2n) is 5.71. The van der Waals surface area contributed by atoms with Gasteiger partial charge < -0.3 is 10.6 Å². The third-order valence-corrected chi connectivity index (χ3v) is 6.14. The normalized spacial score (nSPS) is 19.2. The lowest BCUT2D eigenvalue weighted by Crippen LogP contribution is -3.19. The number of sulfonamides is 1. The van der Waals surface area contributed by atoms with E-state index in [1.165, 1.54) is 4.31 Å². The topological polar surface area (TPSA) is 84.9 Å². The van der Waals surface area contributed by atoms with Gasteiger partial charge >= 0.3 is 6.18 Å². The van der Waals surface area contributed by atoms with Crippen molar-refractivity contribution < 1.29 is 31.3 Å². The van der Waals surface area contributed by atoms with Crippen molar-refractivity contribution in [3.63, 3.8) is 0 Å². The van der Waals surface area contributed by atoms with E-state index < -0.39 is 33.7 Å². The van der Waals surface area contributed by atoms with Gasteiger partial charge in [0.2, 0.25) is 10.0 Å². The van der Waals surface area contributed by atoms with E-state index in [0.29, 0.717) is 13.1 Å². The molecule has 0 aromatic heterocycles. The summed E-state index contributed by atoms with van der Waals surface area (Å²) in [5, 5.41) is 0. The zero-order chi connectivity index (χ0) is 18.1. The molecule has 10 heteroatoms. The number of nitrogens with two attached hydrogens (primary N) is 1. The summed E-state index contributed by atoms with van der Waals surface area (Å²) in [6.45, 7) is 2.85. The molecular formula is C14H19F3N3O3S+. The van der Waals surface area contributed by atoms with Crippen molar-refractivity contribution in [3.05, 3.63) is 29.8 Å². The van der Waals surface area contributed by atoms with Gasteiger partial charge in [-0.1, -0.05) is 0 Å². The highest BCUT2D eigenvalue weighted by atomic mass is 32.2. The summed E-state index contributed by atoms with van der Waals surface area (Å²) in [6, 6.07) is 3.01. The van der Waals surface area contributed by atoms with Crippen LogP contribution >= 0.6 is 0 Å². The quantitative estimate of drug-likeness (QED) is 0.751. The number of nitrogens with zero attached hydrogens (tertiary/aromatic N) is 1. The number of halogens is 3. The summed E-state index contributed by atoms with van der Waals surface area (Å²) in [4.78, 5) is 11.9. The van der Waals surface area contributed by atoms with Crippen LogP contribution in [0.5, 0.6) is 0 Å². The second kappa shape index (κ2) is 6.69. The fraction of sp³-hybridized carbons (Fsp3) is 0.500. The molecular weight excluding hydrogens is 347 g/mol. The first-order valence-electron chi connectivity index (χ1n) is 7.35.